The fourth-order valence-electron chi connectivity index (χ4n) is 0.725. The van der Waals surface area contributed by atoms with Crippen LogP contribution in [0.15, 0.2) is 0 Å². The van der Waals surface area contributed by atoms with Crippen LogP contribution in [0, 0.1) is 0 Å². The molecule has 9 N–H and O–H groups in total. The summed E-state index contributed by atoms with van der Waals surface area (Å²) in [7, 11) is 0. The van der Waals surface area contributed by atoms with E-state index in [1.54, 1.807) is 0 Å². The fraction of sp³-hybridized carbons (Fsp3) is 0.833. The van der Waals surface area contributed by atoms with E-state index < -0.39 is 36.6 Å². The molecular formula is C6H14N2O6. The maximum Gasteiger partial charge on any atom is 0.267 e. The fourth-order valence-corrected chi connectivity index (χ4v) is 0.725. The second-order valence-electron chi connectivity index (χ2n) is 2.87. The van der Waals surface area contributed by atoms with Crippen LogP contribution in [0.3, 0.4) is 0 Å². The van der Waals surface area contributed by atoms with Gasteiger partial charge < -0.3 is 31.3 Å². The predicted octanol–water partition coefficient (Wildman–Crippen LogP) is -4.81. The van der Waals surface area contributed by atoms with E-state index in [9.17, 15) is 4.79 Å². The van der Waals surface area contributed by atoms with Gasteiger partial charge in [0.2, 0.25) is 5.72 Å². The topological polar surface area (TPSA) is 170 Å². The van der Waals surface area contributed by atoms with Crippen molar-refractivity contribution in [3.8, 4) is 0 Å². The van der Waals surface area contributed by atoms with Crippen LogP contribution in [0.4, 0.5) is 0 Å². The summed E-state index contributed by atoms with van der Waals surface area (Å²) in [6.45, 7) is -0.868. The SMILES string of the molecule is NC(=O)[C@](N)(O)[C@@H](O)[C@@H](O)[C@H](O)CO. The average molecular weight is 210 g/mol. The van der Waals surface area contributed by atoms with Crippen LogP contribution in [-0.2, 0) is 4.79 Å². The standard InChI is InChI=1S/C6H14N2O6/c7-5(13)6(8,14)4(12)3(11)2(10)1-9/h2-4,9-12,14H,1,8H2,(H2,7,13)/t2-,3+,4+,6-/m1/s1. The van der Waals surface area contributed by atoms with E-state index in [-0.39, 0.29) is 0 Å². The lowest BCUT2D eigenvalue weighted by Crippen LogP contribution is -2.65. The summed E-state index contributed by atoms with van der Waals surface area (Å²) in [6.07, 6.45) is -5.91. The Kier molecular flexibility index (Phi) is 4.39. The van der Waals surface area contributed by atoms with Crippen molar-refractivity contribution >= 4 is 5.91 Å². The maximum atomic E-state index is 10.5. The van der Waals surface area contributed by atoms with E-state index in [4.69, 9.17) is 31.3 Å². The van der Waals surface area contributed by atoms with Crippen LogP contribution in [0.5, 0.6) is 0 Å². The lowest BCUT2D eigenvalue weighted by molar-refractivity contribution is -0.172. The molecule has 0 fully saturated rings. The Morgan fingerprint density at radius 2 is 1.79 bits per heavy atom. The number of amides is 1. The maximum absolute atomic E-state index is 10.5. The molecule has 0 aliphatic heterocycles. The summed E-state index contributed by atoms with van der Waals surface area (Å²) in [4.78, 5) is 10.5. The molecule has 8 nitrogen and oxygen atoms in total. The molecule has 0 aromatic carbocycles. The van der Waals surface area contributed by atoms with Crippen molar-refractivity contribution in [2.24, 2.45) is 11.5 Å². The molecule has 0 saturated carbocycles. The molecule has 8 heteroatoms. The zero-order valence-electron chi connectivity index (χ0n) is 7.24. The van der Waals surface area contributed by atoms with Gasteiger partial charge in [0.1, 0.15) is 18.3 Å². The van der Waals surface area contributed by atoms with Gasteiger partial charge in [-0.2, -0.15) is 0 Å². The molecule has 0 aromatic rings. The smallest absolute Gasteiger partial charge is 0.267 e. The number of hydrogen-bond donors (Lipinski definition) is 7. The number of aliphatic hydroxyl groups is 5. The third kappa shape index (κ3) is 2.61. The minimum atomic E-state index is -2.87. The molecule has 0 aromatic heterocycles. The number of hydrogen-bond acceptors (Lipinski definition) is 7. The van der Waals surface area contributed by atoms with Crippen molar-refractivity contribution in [1.29, 1.82) is 0 Å². The number of carbonyl (C=O) groups excluding carboxylic acids is 1. The van der Waals surface area contributed by atoms with Gasteiger partial charge >= 0.3 is 0 Å². The molecule has 0 saturated heterocycles. The average Bonchev–Trinajstić information content (AvgIpc) is 2.13. The van der Waals surface area contributed by atoms with Gasteiger partial charge in [-0.1, -0.05) is 0 Å². The lowest BCUT2D eigenvalue weighted by atomic mass is 9.98. The third-order valence-corrected chi connectivity index (χ3v) is 1.75. The van der Waals surface area contributed by atoms with Crippen LogP contribution >= 0.6 is 0 Å². The summed E-state index contributed by atoms with van der Waals surface area (Å²) in [6, 6.07) is 0. The van der Waals surface area contributed by atoms with Gasteiger partial charge in [0.15, 0.2) is 0 Å². The molecule has 0 aliphatic carbocycles. The zero-order chi connectivity index (χ0) is 11.5. The van der Waals surface area contributed by atoms with E-state index in [0.29, 0.717) is 0 Å². The van der Waals surface area contributed by atoms with Crippen LogP contribution < -0.4 is 11.5 Å². The molecule has 84 valence electrons. The normalized spacial score (nSPS) is 22.1. The summed E-state index contributed by atoms with van der Waals surface area (Å²) < 4.78 is 0. The Morgan fingerprint density at radius 1 is 1.36 bits per heavy atom. The Labute approximate surface area is 79.4 Å². The van der Waals surface area contributed by atoms with Crippen LogP contribution in [-0.4, -0.2) is 62.1 Å². The lowest BCUT2D eigenvalue weighted by Gasteiger charge is -2.30. The first-order chi connectivity index (χ1) is 6.25. The molecule has 4 atom stereocenters. The molecule has 0 bridgehead atoms. The first-order valence-corrected chi connectivity index (χ1v) is 3.71. The highest BCUT2D eigenvalue weighted by Crippen LogP contribution is 2.10. The molecule has 0 rings (SSSR count). The highest BCUT2D eigenvalue weighted by molar-refractivity contribution is 5.83. The quantitative estimate of drug-likeness (QED) is 0.223. The van der Waals surface area contributed by atoms with Crippen molar-refractivity contribution in [2.75, 3.05) is 6.61 Å². The van der Waals surface area contributed by atoms with Crippen molar-refractivity contribution < 1.29 is 30.3 Å². The minimum Gasteiger partial charge on any atom is -0.394 e. The molecular weight excluding hydrogens is 196 g/mol. The van der Waals surface area contributed by atoms with Crippen LogP contribution in [0.2, 0.25) is 0 Å². The summed E-state index contributed by atoms with van der Waals surface area (Å²) in [5.41, 5.74) is 6.63. The number of nitrogens with two attached hydrogens (primary N) is 2. The number of carbonyl (C=O) groups is 1. The highest BCUT2D eigenvalue weighted by Gasteiger charge is 2.44. The van der Waals surface area contributed by atoms with Crippen molar-refractivity contribution in [3.63, 3.8) is 0 Å². The molecule has 0 radical (unpaired) electrons. The minimum absolute atomic E-state index is 0.868. The summed E-state index contributed by atoms with van der Waals surface area (Å²) >= 11 is 0. The Hall–Kier alpha value is -0.770. The molecule has 0 spiro atoms. The number of rotatable bonds is 5. The molecule has 0 aliphatic rings. The van der Waals surface area contributed by atoms with E-state index in [1.165, 1.54) is 0 Å². The van der Waals surface area contributed by atoms with Crippen molar-refractivity contribution in [2.45, 2.75) is 24.0 Å². The van der Waals surface area contributed by atoms with Gasteiger partial charge in [-0.25, -0.2) is 0 Å². The zero-order valence-corrected chi connectivity index (χ0v) is 7.24. The van der Waals surface area contributed by atoms with Gasteiger partial charge in [0.25, 0.3) is 5.91 Å². The van der Waals surface area contributed by atoms with E-state index in [1.807, 2.05) is 0 Å². The third-order valence-electron chi connectivity index (χ3n) is 1.75. The van der Waals surface area contributed by atoms with Crippen LogP contribution in [0.1, 0.15) is 0 Å². The number of primary amides is 1. The van der Waals surface area contributed by atoms with Gasteiger partial charge in [0, 0.05) is 0 Å². The van der Waals surface area contributed by atoms with Crippen molar-refractivity contribution in [3.05, 3.63) is 0 Å². The Morgan fingerprint density at radius 3 is 2.07 bits per heavy atom. The molecule has 0 unspecified atom stereocenters. The van der Waals surface area contributed by atoms with Gasteiger partial charge in [-0.05, 0) is 0 Å². The second kappa shape index (κ2) is 4.64. The first kappa shape index (κ1) is 13.2. The molecule has 14 heavy (non-hydrogen) atoms. The second-order valence-corrected chi connectivity index (χ2v) is 2.87. The predicted molar refractivity (Wildman–Crippen MR) is 43.4 cm³/mol. The summed E-state index contributed by atoms with van der Waals surface area (Å²) in [5.74, 6) is -1.46. The van der Waals surface area contributed by atoms with Gasteiger partial charge in [-0.15, -0.1) is 0 Å². The Balaban J connectivity index is 4.60. The number of aliphatic hydroxyl groups excluding tert-OH is 4. The van der Waals surface area contributed by atoms with E-state index in [0.717, 1.165) is 0 Å². The first-order valence-electron chi connectivity index (χ1n) is 3.71. The van der Waals surface area contributed by atoms with E-state index >= 15 is 0 Å². The highest BCUT2D eigenvalue weighted by atomic mass is 16.4. The van der Waals surface area contributed by atoms with Gasteiger partial charge in [0.05, 0.1) is 6.61 Å². The Bertz CT molecular complexity index is 208. The molecule has 1 amide bonds. The molecule has 0 heterocycles. The monoisotopic (exact) mass is 210 g/mol. The van der Waals surface area contributed by atoms with E-state index in [2.05, 4.69) is 5.73 Å². The van der Waals surface area contributed by atoms with Crippen LogP contribution in [0.25, 0.3) is 0 Å². The van der Waals surface area contributed by atoms with Crippen molar-refractivity contribution in [1.82, 2.24) is 0 Å². The summed E-state index contributed by atoms with van der Waals surface area (Å²) in [5, 5.41) is 44.5. The van der Waals surface area contributed by atoms with Gasteiger partial charge in [-0.3, -0.25) is 10.5 Å². The largest absolute Gasteiger partial charge is 0.394 e.